The van der Waals surface area contributed by atoms with Crippen LogP contribution >= 0.6 is 0 Å². The lowest BCUT2D eigenvalue weighted by atomic mass is 10.1. The van der Waals surface area contributed by atoms with E-state index in [4.69, 9.17) is 4.52 Å². The van der Waals surface area contributed by atoms with Crippen LogP contribution in [-0.2, 0) is 11.2 Å². The van der Waals surface area contributed by atoms with Crippen LogP contribution in [0.4, 0.5) is 10.1 Å². The molecule has 1 N–H and O–H groups in total. The highest BCUT2D eigenvalue weighted by Gasteiger charge is 2.11. The summed E-state index contributed by atoms with van der Waals surface area (Å²) in [5, 5.41) is 6.60. The van der Waals surface area contributed by atoms with Gasteiger partial charge in [-0.3, -0.25) is 4.79 Å². The topological polar surface area (TPSA) is 55.1 Å². The molecule has 0 saturated carbocycles. The van der Waals surface area contributed by atoms with Crippen molar-refractivity contribution in [3.63, 3.8) is 0 Å². The van der Waals surface area contributed by atoms with Gasteiger partial charge in [0, 0.05) is 17.3 Å². The highest BCUT2D eigenvalue weighted by Crippen LogP contribution is 2.21. The maximum Gasteiger partial charge on any atom is 0.230 e. The zero-order valence-electron chi connectivity index (χ0n) is 12.5. The van der Waals surface area contributed by atoms with Crippen LogP contribution in [0.25, 0.3) is 11.3 Å². The van der Waals surface area contributed by atoms with Crippen molar-refractivity contribution in [3.8, 4) is 11.3 Å². The Hall–Kier alpha value is -2.95. The van der Waals surface area contributed by atoms with Crippen LogP contribution in [-0.4, -0.2) is 11.1 Å². The van der Waals surface area contributed by atoms with Crippen LogP contribution in [0, 0.1) is 12.7 Å². The number of nitrogens with one attached hydrogen (secondary N) is 1. The smallest absolute Gasteiger partial charge is 0.230 e. The van der Waals surface area contributed by atoms with Crippen molar-refractivity contribution in [1.29, 1.82) is 0 Å². The summed E-state index contributed by atoms with van der Waals surface area (Å²) in [5.41, 5.74) is 3.15. The largest absolute Gasteiger partial charge is 0.356 e. The molecule has 0 bridgehead atoms. The summed E-state index contributed by atoms with van der Waals surface area (Å²) in [7, 11) is 0. The van der Waals surface area contributed by atoms with Crippen LogP contribution in [0.2, 0.25) is 0 Å². The van der Waals surface area contributed by atoms with Gasteiger partial charge in [-0.15, -0.1) is 0 Å². The predicted molar refractivity (Wildman–Crippen MR) is 85.4 cm³/mol. The lowest BCUT2D eigenvalue weighted by Crippen LogP contribution is -2.14. The molecular weight excluding hydrogens is 295 g/mol. The molecule has 0 unspecified atom stereocenters. The zero-order valence-corrected chi connectivity index (χ0v) is 12.5. The van der Waals surface area contributed by atoms with Gasteiger partial charge < -0.3 is 9.84 Å². The average molecular weight is 310 g/mol. The molecule has 0 spiro atoms. The van der Waals surface area contributed by atoms with E-state index in [-0.39, 0.29) is 18.1 Å². The Morgan fingerprint density at radius 3 is 2.52 bits per heavy atom. The molecule has 0 aliphatic rings. The van der Waals surface area contributed by atoms with Gasteiger partial charge in [0.2, 0.25) is 5.91 Å². The number of halogens is 1. The maximum atomic E-state index is 12.8. The number of nitrogens with zero attached hydrogens (tertiary/aromatic N) is 1. The summed E-state index contributed by atoms with van der Waals surface area (Å²) in [6.45, 7) is 2.01. The van der Waals surface area contributed by atoms with Crippen LogP contribution < -0.4 is 5.32 Å². The van der Waals surface area contributed by atoms with Crippen molar-refractivity contribution in [3.05, 3.63) is 71.7 Å². The molecule has 4 nitrogen and oxygen atoms in total. The van der Waals surface area contributed by atoms with Crippen LogP contribution in [0.5, 0.6) is 0 Å². The molecule has 0 atom stereocenters. The molecular formula is C18H15FN2O2. The van der Waals surface area contributed by atoms with Crippen LogP contribution in [0.15, 0.2) is 59.1 Å². The number of aromatic nitrogens is 1. The Balaban J connectivity index is 1.65. The lowest BCUT2D eigenvalue weighted by Gasteiger charge is -2.03. The molecule has 1 heterocycles. The van der Waals surface area contributed by atoms with Crippen molar-refractivity contribution in [1.82, 2.24) is 5.16 Å². The SMILES string of the molecule is Cc1ccc(-c2cc(CC(=O)Nc3ccc(F)cc3)no2)cc1. The molecule has 0 radical (unpaired) electrons. The second kappa shape index (κ2) is 6.44. The van der Waals surface area contributed by atoms with Crippen molar-refractivity contribution >= 4 is 11.6 Å². The predicted octanol–water partition coefficient (Wildman–Crippen LogP) is 3.97. The number of hydrogen-bond donors (Lipinski definition) is 1. The van der Waals surface area contributed by atoms with Gasteiger partial charge in [-0.1, -0.05) is 35.0 Å². The summed E-state index contributed by atoms with van der Waals surface area (Å²) < 4.78 is 18.1. The summed E-state index contributed by atoms with van der Waals surface area (Å²) in [6, 6.07) is 15.2. The standard InChI is InChI=1S/C18H15FN2O2/c1-12-2-4-13(5-3-12)17-10-16(21-23-17)11-18(22)20-15-8-6-14(19)7-9-15/h2-10H,11H2,1H3,(H,20,22). The van der Waals surface area contributed by atoms with Gasteiger partial charge in [-0.05, 0) is 31.2 Å². The monoisotopic (exact) mass is 310 g/mol. The quantitative estimate of drug-likeness (QED) is 0.793. The first-order valence-corrected chi connectivity index (χ1v) is 7.18. The van der Waals surface area contributed by atoms with E-state index in [2.05, 4.69) is 10.5 Å². The number of rotatable bonds is 4. The first-order valence-electron chi connectivity index (χ1n) is 7.18. The Labute approximate surface area is 132 Å². The van der Waals surface area contributed by atoms with E-state index in [1.807, 2.05) is 31.2 Å². The van der Waals surface area contributed by atoms with Crippen LogP contribution in [0.1, 0.15) is 11.3 Å². The van der Waals surface area contributed by atoms with Gasteiger partial charge in [0.05, 0.1) is 12.1 Å². The molecule has 23 heavy (non-hydrogen) atoms. The number of carbonyl (C=O) groups excluding carboxylic acids is 1. The van der Waals surface area contributed by atoms with Gasteiger partial charge in [0.25, 0.3) is 0 Å². The summed E-state index contributed by atoms with van der Waals surface area (Å²) >= 11 is 0. The number of carbonyl (C=O) groups is 1. The number of hydrogen-bond acceptors (Lipinski definition) is 3. The molecule has 3 aromatic rings. The first kappa shape index (κ1) is 15.0. The van der Waals surface area contributed by atoms with E-state index in [1.165, 1.54) is 24.3 Å². The summed E-state index contributed by atoms with van der Waals surface area (Å²) in [4.78, 5) is 12.0. The first-order chi connectivity index (χ1) is 11.1. The van der Waals surface area contributed by atoms with Crippen molar-refractivity contribution in [2.24, 2.45) is 0 Å². The lowest BCUT2D eigenvalue weighted by molar-refractivity contribution is -0.115. The fraction of sp³-hybridized carbons (Fsp3) is 0.111. The Bertz CT molecular complexity index is 808. The molecule has 5 heteroatoms. The Morgan fingerprint density at radius 2 is 1.83 bits per heavy atom. The third-order valence-electron chi connectivity index (χ3n) is 3.36. The Kier molecular flexibility index (Phi) is 4.19. The van der Waals surface area contributed by atoms with E-state index in [0.29, 0.717) is 17.1 Å². The highest BCUT2D eigenvalue weighted by molar-refractivity contribution is 5.92. The molecule has 0 saturated heterocycles. The van der Waals surface area contributed by atoms with Gasteiger partial charge >= 0.3 is 0 Å². The van der Waals surface area contributed by atoms with Gasteiger partial charge in [0.15, 0.2) is 5.76 Å². The zero-order chi connectivity index (χ0) is 16.2. The molecule has 116 valence electrons. The maximum absolute atomic E-state index is 12.8. The summed E-state index contributed by atoms with van der Waals surface area (Å²) in [6.07, 6.45) is 0.0900. The van der Waals surface area contributed by atoms with Crippen LogP contribution in [0.3, 0.4) is 0 Å². The average Bonchev–Trinajstić information content (AvgIpc) is 2.98. The minimum Gasteiger partial charge on any atom is -0.356 e. The van der Waals surface area contributed by atoms with E-state index < -0.39 is 0 Å². The Morgan fingerprint density at radius 1 is 1.13 bits per heavy atom. The van der Waals surface area contributed by atoms with E-state index in [9.17, 15) is 9.18 Å². The third kappa shape index (κ3) is 3.83. The highest BCUT2D eigenvalue weighted by atomic mass is 19.1. The van der Waals surface area contributed by atoms with E-state index in [0.717, 1.165) is 11.1 Å². The fourth-order valence-electron chi connectivity index (χ4n) is 2.15. The molecule has 0 aliphatic carbocycles. The van der Waals surface area contributed by atoms with E-state index >= 15 is 0 Å². The minimum absolute atomic E-state index is 0.0900. The molecule has 0 fully saturated rings. The second-order valence-electron chi connectivity index (χ2n) is 5.28. The van der Waals surface area contributed by atoms with Crippen molar-refractivity contribution in [2.45, 2.75) is 13.3 Å². The second-order valence-corrected chi connectivity index (χ2v) is 5.28. The summed E-state index contributed by atoms with van der Waals surface area (Å²) in [5.74, 6) is 0.0391. The molecule has 1 amide bonds. The number of amides is 1. The molecule has 3 rings (SSSR count). The number of benzene rings is 2. The van der Waals surface area contributed by atoms with E-state index in [1.54, 1.807) is 6.07 Å². The molecule has 1 aromatic heterocycles. The minimum atomic E-state index is -0.345. The van der Waals surface area contributed by atoms with Crippen molar-refractivity contribution < 1.29 is 13.7 Å². The number of anilines is 1. The molecule has 0 aliphatic heterocycles. The molecule has 2 aromatic carbocycles. The van der Waals surface area contributed by atoms with Gasteiger partial charge in [-0.2, -0.15) is 0 Å². The number of aryl methyl sites for hydroxylation is 1. The van der Waals surface area contributed by atoms with Gasteiger partial charge in [-0.25, -0.2) is 4.39 Å². The normalized spacial score (nSPS) is 10.5. The fourth-order valence-corrected chi connectivity index (χ4v) is 2.15. The third-order valence-corrected chi connectivity index (χ3v) is 3.36. The van der Waals surface area contributed by atoms with Crippen molar-refractivity contribution in [2.75, 3.05) is 5.32 Å². The van der Waals surface area contributed by atoms with Gasteiger partial charge in [0.1, 0.15) is 5.82 Å².